The van der Waals surface area contributed by atoms with Crippen molar-refractivity contribution >= 4 is 61.2 Å². The highest BCUT2D eigenvalue weighted by molar-refractivity contribution is 8.24. The molecule has 108 valence electrons. The molecule has 0 amide bonds. The Morgan fingerprint density at radius 3 is 2.53 bits per heavy atom. The van der Waals surface area contributed by atoms with Gasteiger partial charge >= 0.3 is 11.2 Å². The minimum atomic E-state index is -3.22. The van der Waals surface area contributed by atoms with E-state index >= 15 is 0 Å². The minimum absolute atomic E-state index is 0.260. The SMILES string of the molecule is CCOC(=O)c1c(N)sc2c1CCC2.O=P(Cl)(Cl)Cl. The standard InChI is InChI=1S/C10H13NO2S.Cl3OP/c1-2-13-10(12)8-6-4-3-5-7(6)14-9(8)11;1-5(2,3)4/h2-5,11H2,1H3;. The van der Waals surface area contributed by atoms with Crippen LogP contribution in [0.5, 0.6) is 0 Å². The number of carbonyl (C=O) groups is 1. The predicted molar refractivity (Wildman–Crippen MR) is 81.9 cm³/mol. The molecule has 4 nitrogen and oxygen atoms in total. The molecule has 0 spiro atoms. The molecule has 1 aliphatic carbocycles. The summed E-state index contributed by atoms with van der Waals surface area (Å²) in [6.07, 6.45) is 3.16. The monoisotopic (exact) mass is 363 g/mol. The second-order valence-electron chi connectivity index (χ2n) is 3.72. The van der Waals surface area contributed by atoms with Gasteiger partial charge in [0, 0.05) is 4.88 Å². The molecule has 19 heavy (non-hydrogen) atoms. The molecule has 1 aliphatic rings. The third kappa shape index (κ3) is 5.52. The fourth-order valence-corrected chi connectivity index (χ4v) is 3.00. The van der Waals surface area contributed by atoms with Crippen molar-refractivity contribution in [1.29, 1.82) is 0 Å². The van der Waals surface area contributed by atoms with Crippen molar-refractivity contribution in [3.05, 3.63) is 16.0 Å². The van der Waals surface area contributed by atoms with Gasteiger partial charge in [-0.15, -0.1) is 11.3 Å². The van der Waals surface area contributed by atoms with Crippen molar-refractivity contribution in [1.82, 2.24) is 0 Å². The molecule has 0 bridgehead atoms. The van der Waals surface area contributed by atoms with Crippen LogP contribution in [0.4, 0.5) is 5.00 Å². The molecule has 0 aromatic carbocycles. The van der Waals surface area contributed by atoms with E-state index in [1.807, 2.05) is 0 Å². The van der Waals surface area contributed by atoms with Crippen LogP contribution >= 0.6 is 50.3 Å². The summed E-state index contributed by atoms with van der Waals surface area (Å²) >= 11 is 15.4. The highest BCUT2D eigenvalue weighted by atomic mass is 36.0. The van der Waals surface area contributed by atoms with Gasteiger partial charge < -0.3 is 10.5 Å². The Labute approximate surface area is 129 Å². The Bertz CT molecular complexity index is 506. The van der Waals surface area contributed by atoms with Crippen LogP contribution < -0.4 is 5.73 Å². The lowest BCUT2D eigenvalue weighted by Gasteiger charge is -2.02. The maximum atomic E-state index is 11.6. The summed E-state index contributed by atoms with van der Waals surface area (Å²) in [5.74, 6) is -0.260. The summed E-state index contributed by atoms with van der Waals surface area (Å²) in [6.45, 7) is 2.21. The summed E-state index contributed by atoms with van der Waals surface area (Å²) < 4.78 is 14.5. The molecule has 9 heteroatoms. The first-order chi connectivity index (χ1) is 8.74. The molecule has 2 N–H and O–H groups in total. The quantitative estimate of drug-likeness (QED) is 0.604. The number of fused-ring (bicyclic) bond motifs is 1. The van der Waals surface area contributed by atoms with Crippen LogP contribution in [0, 0.1) is 0 Å². The Hall–Kier alpha value is 0.0700. The van der Waals surface area contributed by atoms with E-state index in [1.165, 1.54) is 16.2 Å². The molecular weight excluding hydrogens is 352 g/mol. The number of carbonyl (C=O) groups excluding carboxylic acids is 1. The van der Waals surface area contributed by atoms with Gasteiger partial charge in [0.2, 0.25) is 0 Å². The number of aryl methyl sites for hydroxylation is 1. The van der Waals surface area contributed by atoms with Crippen molar-refractivity contribution in [2.75, 3.05) is 12.3 Å². The van der Waals surface area contributed by atoms with Gasteiger partial charge in [-0.05, 0) is 65.5 Å². The number of hydrogen-bond acceptors (Lipinski definition) is 5. The van der Waals surface area contributed by atoms with Crippen LogP contribution in [-0.2, 0) is 22.1 Å². The van der Waals surface area contributed by atoms with Gasteiger partial charge in [-0.2, -0.15) is 0 Å². The normalized spacial score (nSPS) is 13.5. The molecule has 0 atom stereocenters. The Balaban J connectivity index is 0.000000312. The third-order valence-electron chi connectivity index (χ3n) is 2.43. The Morgan fingerprint density at radius 2 is 2.00 bits per heavy atom. The van der Waals surface area contributed by atoms with Crippen molar-refractivity contribution in [2.45, 2.75) is 26.2 Å². The van der Waals surface area contributed by atoms with E-state index in [9.17, 15) is 9.36 Å². The number of anilines is 1. The van der Waals surface area contributed by atoms with E-state index in [-0.39, 0.29) is 5.97 Å². The van der Waals surface area contributed by atoms with Gasteiger partial charge in [-0.3, -0.25) is 4.57 Å². The maximum absolute atomic E-state index is 11.6. The average molecular weight is 365 g/mol. The zero-order valence-electron chi connectivity index (χ0n) is 10.1. The summed E-state index contributed by atoms with van der Waals surface area (Å²) in [6, 6.07) is 0. The van der Waals surface area contributed by atoms with Crippen molar-refractivity contribution in [2.24, 2.45) is 0 Å². The lowest BCUT2D eigenvalue weighted by atomic mass is 10.1. The second kappa shape index (κ2) is 7.19. The zero-order valence-corrected chi connectivity index (χ0v) is 14.1. The molecule has 0 fully saturated rings. The van der Waals surface area contributed by atoms with Crippen LogP contribution in [0.1, 0.15) is 34.1 Å². The molecule has 1 aromatic rings. The number of esters is 1. The van der Waals surface area contributed by atoms with Gasteiger partial charge in [-0.25, -0.2) is 4.79 Å². The predicted octanol–water partition coefficient (Wildman–Crippen LogP) is 4.81. The fraction of sp³-hybridized carbons (Fsp3) is 0.500. The van der Waals surface area contributed by atoms with Gasteiger partial charge in [0.25, 0.3) is 0 Å². The Morgan fingerprint density at radius 1 is 1.42 bits per heavy atom. The van der Waals surface area contributed by atoms with E-state index < -0.39 is 5.20 Å². The molecule has 0 aliphatic heterocycles. The summed E-state index contributed by atoms with van der Waals surface area (Å²) in [5.41, 5.74) is 7.56. The molecule has 0 saturated carbocycles. The average Bonchev–Trinajstić information content (AvgIpc) is 2.74. The molecular formula is C10H13Cl3NO3PS. The van der Waals surface area contributed by atoms with E-state index in [2.05, 4.69) is 33.7 Å². The first-order valence-electron chi connectivity index (χ1n) is 5.50. The number of rotatable bonds is 2. The first-order valence-corrected chi connectivity index (χ1v) is 10.7. The second-order valence-corrected chi connectivity index (χ2v) is 11.5. The van der Waals surface area contributed by atoms with Crippen LogP contribution in [-0.4, -0.2) is 12.6 Å². The number of nitrogen functional groups attached to an aromatic ring is 1. The lowest BCUT2D eigenvalue weighted by molar-refractivity contribution is 0.0527. The van der Waals surface area contributed by atoms with E-state index in [0.29, 0.717) is 17.2 Å². The molecule has 2 rings (SSSR count). The van der Waals surface area contributed by atoms with Gasteiger partial charge in [0.15, 0.2) is 0 Å². The van der Waals surface area contributed by atoms with Gasteiger partial charge in [-0.1, -0.05) is 0 Å². The van der Waals surface area contributed by atoms with Crippen LogP contribution in [0.3, 0.4) is 0 Å². The fourth-order valence-electron chi connectivity index (χ4n) is 1.85. The number of halogens is 3. The number of hydrogen-bond donors (Lipinski definition) is 1. The number of ether oxygens (including phenoxy) is 1. The zero-order chi connectivity index (χ0) is 14.6. The molecule has 0 radical (unpaired) electrons. The first kappa shape index (κ1) is 17.1. The molecule has 1 aromatic heterocycles. The molecule has 1 heterocycles. The highest BCUT2D eigenvalue weighted by Crippen LogP contribution is 2.61. The number of thiophene rings is 1. The van der Waals surface area contributed by atoms with Gasteiger partial charge in [0.05, 0.1) is 12.2 Å². The van der Waals surface area contributed by atoms with Gasteiger partial charge in [0.1, 0.15) is 5.00 Å². The summed E-state index contributed by atoms with van der Waals surface area (Å²) in [5, 5.41) is -2.60. The third-order valence-corrected chi connectivity index (χ3v) is 3.55. The molecule has 0 unspecified atom stereocenters. The largest absolute Gasteiger partial charge is 0.462 e. The van der Waals surface area contributed by atoms with Crippen molar-refractivity contribution in [3.8, 4) is 0 Å². The maximum Gasteiger partial charge on any atom is 0.341 e. The van der Waals surface area contributed by atoms with E-state index in [4.69, 9.17) is 10.5 Å². The van der Waals surface area contributed by atoms with Crippen molar-refractivity contribution in [3.63, 3.8) is 0 Å². The minimum Gasteiger partial charge on any atom is -0.462 e. The van der Waals surface area contributed by atoms with E-state index in [1.54, 1.807) is 6.92 Å². The lowest BCUT2D eigenvalue weighted by Crippen LogP contribution is -2.08. The Kier molecular flexibility index (Phi) is 6.48. The number of nitrogens with two attached hydrogens (primary N) is 1. The summed E-state index contributed by atoms with van der Waals surface area (Å²) in [7, 11) is 0. The smallest absolute Gasteiger partial charge is 0.341 e. The highest BCUT2D eigenvalue weighted by Gasteiger charge is 2.25. The molecule has 0 saturated heterocycles. The van der Waals surface area contributed by atoms with E-state index in [0.717, 1.165) is 24.8 Å². The summed E-state index contributed by atoms with van der Waals surface area (Å²) in [4.78, 5) is 12.9. The van der Waals surface area contributed by atoms with Crippen LogP contribution in [0.2, 0.25) is 0 Å². The van der Waals surface area contributed by atoms with Crippen molar-refractivity contribution < 1.29 is 14.1 Å². The topological polar surface area (TPSA) is 69.4 Å². The van der Waals surface area contributed by atoms with Crippen LogP contribution in [0.15, 0.2) is 0 Å². The van der Waals surface area contributed by atoms with Crippen LogP contribution in [0.25, 0.3) is 0 Å².